The van der Waals surface area contributed by atoms with E-state index in [1.807, 2.05) is 19.1 Å². The summed E-state index contributed by atoms with van der Waals surface area (Å²) in [5, 5.41) is 11.9. The van der Waals surface area contributed by atoms with Crippen LogP contribution in [-0.4, -0.2) is 17.1 Å². The van der Waals surface area contributed by atoms with E-state index in [0.717, 1.165) is 12.8 Å². The Bertz CT molecular complexity index is 366. The number of aliphatic hydroxyl groups is 1. The molecule has 0 aromatic heterocycles. The molecule has 4 N–H and O–H groups in total. The lowest BCUT2D eigenvalue weighted by Gasteiger charge is -2.12. The first-order valence-corrected chi connectivity index (χ1v) is 5.91. The summed E-state index contributed by atoms with van der Waals surface area (Å²) in [6.07, 6.45) is 2.13. The fraction of sp³-hybridized carbons (Fsp3) is 0.462. The predicted molar refractivity (Wildman–Crippen MR) is 68.5 cm³/mol. The quantitative estimate of drug-likeness (QED) is 0.702. The predicted octanol–water partition coefficient (Wildman–Crippen LogP) is 1.63. The molecule has 94 valence electrons. The van der Waals surface area contributed by atoms with Crippen molar-refractivity contribution in [3.05, 3.63) is 29.8 Å². The average Bonchev–Trinajstić information content (AvgIpc) is 2.29. The number of aliphatic hydroxyl groups excluding tert-OH is 1. The molecule has 0 aliphatic carbocycles. The van der Waals surface area contributed by atoms with Crippen molar-refractivity contribution >= 4 is 11.6 Å². The van der Waals surface area contributed by atoms with E-state index >= 15 is 0 Å². The highest BCUT2D eigenvalue weighted by atomic mass is 16.3. The maximum atomic E-state index is 11.7. The molecule has 0 saturated carbocycles. The molecule has 1 atom stereocenters. The lowest BCUT2D eigenvalue weighted by molar-refractivity contribution is -0.116. The molecular weight excluding hydrogens is 216 g/mol. The Morgan fingerprint density at radius 2 is 2.18 bits per heavy atom. The number of benzene rings is 1. The third-order valence-electron chi connectivity index (χ3n) is 2.57. The zero-order valence-electron chi connectivity index (χ0n) is 10.1. The Morgan fingerprint density at radius 1 is 1.47 bits per heavy atom. The molecule has 1 unspecified atom stereocenters. The molecule has 0 bridgehead atoms. The van der Waals surface area contributed by atoms with E-state index in [2.05, 4.69) is 5.32 Å². The van der Waals surface area contributed by atoms with Crippen LogP contribution in [0.3, 0.4) is 0 Å². The van der Waals surface area contributed by atoms with Crippen LogP contribution >= 0.6 is 0 Å². The summed E-state index contributed by atoms with van der Waals surface area (Å²) in [6.45, 7) is 1.95. The van der Waals surface area contributed by atoms with Gasteiger partial charge in [0.15, 0.2) is 0 Å². The summed E-state index contributed by atoms with van der Waals surface area (Å²) >= 11 is 0. The minimum Gasteiger partial charge on any atom is -0.392 e. The van der Waals surface area contributed by atoms with Crippen molar-refractivity contribution in [3.8, 4) is 0 Å². The van der Waals surface area contributed by atoms with Gasteiger partial charge >= 0.3 is 0 Å². The Labute approximate surface area is 102 Å². The molecular formula is C13H20N2O2. The van der Waals surface area contributed by atoms with Gasteiger partial charge in [-0.2, -0.15) is 0 Å². The van der Waals surface area contributed by atoms with E-state index in [1.165, 1.54) is 0 Å². The van der Waals surface area contributed by atoms with Gasteiger partial charge in [0.1, 0.15) is 0 Å². The number of rotatable bonds is 6. The number of carbonyl (C=O) groups excluding carboxylic acids is 1. The molecule has 0 aliphatic heterocycles. The van der Waals surface area contributed by atoms with Crippen LogP contribution < -0.4 is 11.1 Å². The lowest BCUT2D eigenvalue weighted by Crippen LogP contribution is -2.27. The number of nitrogens with two attached hydrogens (primary N) is 1. The second-order valence-electron chi connectivity index (χ2n) is 4.12. The fourth-order valence-electron chi connectivity index (χ4n) is 1.69. The second kappa shape index (κ2) is 7.04. The summed E-state index contributed by atoms with van der Waals surface area (Å²) in [7, 11) is 0. The molecule has 0 aliphatic rings. The summed E-state index contributed by atoms with van der Waals surface area (Å²) in [5.74, 6) is -0.105. The summed E-state index contributed by atoms with van der Waals surface area (Å²) in [4.78, 5) is 11.7. The summed E-state index contributed by atoms with van der Waals surface area (Å²) in [5.41, 5.74) is 7.17. The largest absolute Gasteiger partial charge is 0.392 e. The third kappa shape index (κ3) is 4.54. The normalized spacial score (nSPS) is 12.2. The Morgan fingerprint density at radius 3 is 2.82 bits per heavy atom. The smallest absolute Gasteiger partial charge is 0.225 e. The van der Waals surface area contributed by atoms with Gasteiger partial charge in [-0.25, -0.2) is 0 Å². The highest BCUT2D eigenvalue weighted by Crippen LogP contribution is 2.15. The molecule has 0 spiro atoms. The molecule has 0 saturated heterocycles. The number of hydrogen-bond acceptors (Lipinski definition) is 3. The zero-order valence-corrected chi connectivity index (χ0v) is 10.1. The Hall–Kier alpha value is -1.39. The topological polar surface area (TPSA) is 75.4 Å². The van der Waals surface area contributed by atoms with Crippen molar-refractivity contribution < 1.29 is 9.90 Å². The van der Waals surface area contributed by atoms with Gasteiger partial charge in [-0.05, 0) is 12.5 Å². The third-order valence-corrected chi connectivity index (χ3v) is 2.57. The van der Waals surface area contributed by atoms with Crippen LogP contribution in [0.5, 0.6) is 0 Å². The van der Waals surface area contributed by atoms with Gasteiger partial charge < -0.3 is 16.2 Å². The fourth-order valence-corrected chi connectivity index (χ4v) is 1.69. The number of hydrogen-bond donors (Lipinski definition) is 3. The van der Waals surface area contributed by atoms with Gasteiger partial charge in [-0.15, -0.1) is 0 Å². The van der Waals surface area contributed by atoms with Crippen molar-refractivity contribution in [1.29, 1.82) is 0 Å². The van der Waals surface area contributed by atoms with Crippen molar-refractivity contribution in [1.82, 2.24) is 0 Å². The first-order valence-electron chi connectivity index (χ1n) is 5.91. The molecule has 17 heavy (non-hydrogen) atoms. The van der Waals surface area contributed by atoms with E-state index in [1.54, 1.807) is 12.1 Å². The summed E-state index contributed by atoms with van der Waals surface area (Å²) < 4.78 is 0. The number of anilines is 1. The van der Waals surface area contributed by atoms with Crippen LogP contribution in [0.15, 0.2) is 24.3 Å². The monoisotopic (exact) mass is 236 g/mol. The Balaban J connectivity index is 2.55. The minimum atomic E-state index is -0.105. The van der Waals surface area contributed by atoms with E-state index < -0.39 is 0 Å². The van der Waals surface area contributed by atoms with E-state index in [9.17, 15) is 4.79 Å². The average molecular weight is 236 g/mol. The van der Waals surface area contributed by atoms with E-state index in [0.29, 0.717) is 17.7 Å². The molecule has 1 rings (SSSR count). The highest BCUT2D eigenvalue weighted by Gasteiger charge is 2.10. The zero-order chi connectivity index (χ0) is 12.7. The second-order valence-corrected chi connectivity index (χ2v) is 4.12. The maximum absolute atomic E-state index is 11.7. The number of amides is 1. The van der Waals surface area contributed by atoms with Crippen LogP contribution in [-0.2, 0) is 11.4 Å². The SMILES string of the molecule is CCCC(N)CC(=O)Nc1ccccc1CO. The number of nitrogens with one attached hydrogen (secondary N) is 1. The van der Waals surface area contributed by atoms with Gasteiger partial charge in [0, 0.05) is 23.7 Å². The maximum Gasteiger partial charge on any atom is 0.225 e. The van der Waals surface area contributed by atoms with Crippen LogP contribution in [0.25, 0.3) is 0 Å². The molecule has 0 radical (unpaired) electrons. The van der Waals surface area contributed by atoms with Crippen LogP contribution in [0.4, 0.5) is 5.69 Å². The summed E-state index contributed by atoms with van der Waals surface area (Å²) in [6, 6.07) is 7.10. The first kappa shape index (κ1) is 13.7. The molecule has 4 heteroatoms. The lowest BCUT2D eigenvalue weighted by atomic mass is 10.1. The first-order chi connectivity index (χ1) is 8.17. The highest BCUT2D eigenvalue weighted by molar-refractivity contribution is 5.91. The molecule has 4 nitrogen and oxygen atoms in total. The molecule has 0 fully saturated rings. The standard InChI is InChI=1S/C13H20N2O2/c1-2-5-11(14)8-13(17)15-12-7-4-3-6-10(12)9-16/h3-4,6-7,11,16H,2,5,8-9,14H2,1H3,(H,15,17). The van der Waals surface area contributed by atoms with Gasteiger partial charge in [-0.3, -0.25) is 4.79 Å². The van der Waals surface area contributed by atoms with E-state index in [-0.39, 0.29) is 18.6 Å². The van der Waals surface area contributed by atoms with E-state index in [4.69, 9.17) is 10.8 Å². The minimum absolute atomic E-state index is 0.0858. The van der Waals surface area contributed by atoms with Crippen molar-refractivity contribution in [2.45, 2.75) is 38.8 Å². The van der Waals surface area contributed by atoms with Gasteiger partial charge in [0.2, 0.25) is 5.91 Å². The van der Waals surface area contributed by atoms with Crippen LogP contribution in [0.2, 0.25) is 0 Å². The van der Waals surface area contributed by atoms with Gasteiger partial charge in [-0.1, -0.05) is 31.5 Å². The van der Waals surface area contributed by atoms with Crippen molar-refractivity contribution in [2.24, 2.45) is 5.73 Å². The number of carbonyl (C=O) groups is 1. The van der Waals surface area contributed by atoms with Gasteiger partial charge in [0.25, 0.3) is 0 Å². The molecule has 0 heterocycles. The van der Waals surface area contributed by atoms with Gasteiger partial charge in [0.05, 0.1) is 6.61 Å². The van der Waals surface area contributed by atoms with Crippen molar-refractivity contribution in [2.75, 3.05) is 5.32 Å². The molecule has 1 aromatic carbocycles. The Kier molecular flexibility index (Phi) is 5.66. The molecule has 1 amide bonds. The van der Waals surface area contributed by atoms with Crippen molar-refractivity contribution in [3.63, 3.8) is 0 Å². The number of para-hydroxylation sites is 1. The van der Waals surface area contributed by atoms with Crippen LogP contribution in [0.1, 0.15) is 31.7 Å². The molecule has 1 aromatic rings. The van der Waals surface area contributed by atoms with Crippen LogP contribution in [0, 0.1) is 0 Å².